The second-order valence-corrected chi connectivity index (χ2v) is 4.18. The van der Waals surface area contributed by atoms with Gasteiger partial charge < -0.3 is 5.11 Å². The minimum atomic E-state index is 0.319. The Hall–Kier alpha value is -2.02. The van der Waals surface area contributed by atoms with E-state index in [0.717, 1.165) is 5.39 Å². The molecule has 3 aromatic carbocycles. The molecule has 1 nitrogen and oxygen atoms in total. The van der Waals surface area contributed by atoms with Crippen LogP contribution in [0.15, 0.2) is 48.5 Å². The van der Waals surface area contributed by atoms with Crippen molar-refractivity contribution in [2.24, 2.45) is 0 Å². The molecule has 3 aromatic rings. The lowest BCUT2D eigenvalue weighted by Gasteiger charge is -2.05. The fraction of sp³-hybridized carbons (Fsp3) is 0.0667. The average molecular weight is 208 g/mol. The summed E-state index contributed by atoms with van der Waals surface area (Å²) in [7, 11) is 0. The molecule has 0 aliphatic heterocycles. The number of hydrogen-bond acceptors (Lipinski definition) is 1. The minimum absolute atomic E-state index is 0.319. The minimum Gasteiger partial charge on any atom is -0.508 e. The molecule has 3 rings (SSSR count). The third-order valence-corrected chi connectivity index (χ3v) is 3.04. The molecule has 78 valence electrons. The zero-order valence-corrected chi connectivity index (χ0v) is 9.07. The van der Waals surface area contributed by atoms with E-state index in [1.807, 2.05) is 6.07 Å². The summed E-state index contributed by atoms with van der Waals surface area (Å²) < 4.78 is 0. The Balaban J connectivity index is 2.49. The van der Waals surface area contributed by atoms with Crippen molar-refractivity contribution in [1.29, 1.82) is 0 Å². The SMILES string of the molecule is Cc1cccc2cc3cc(O)ccc3cc12. The number of hydrogen-bond donors (Lipinski definition) is 1. The molecule has 0 saturated carbocycles. The lowest BCUT2D eigenvalue weighted by atomic mass is 10.0. The van der Waals surface area contributed by atoms with E-state index in [-0.39, 0.29) is 0 Å². The van der Waals surface area contributed by atoms with Crippen LogP contribution in [-0.2, 0) is 0 Å². The van der Waals surface area contributed by atoms with Crippen molar-refractivity contribution in [3.63, 3.8) is 0 Å². The smallest absolute Gasteiger partial charge is 0.116 e. The number of phenolic OH excluding ortho intramolecular Hbond substituents is 1. The predicted molar refractivity (Wildman–Crippen MR) is 67.9 cm³/mol. The number of aryl methyl sites for hydroxylation is 1. The molecule has 0 spiro atoms. The van der Waals surface area contributed by atoms with Gasteiger partial charge in [0, 0.05) is 0 Å². The maximum atomic E-state index is 9.46. The zero-order valence-electron chi connectivity index (χ0n) is 9.07. The average Bonchev–Trinajstić information content (AvgIpc) is 2.27. The van der Waals surface area contributed by atoms with Gasteiger partial charge in [-0.15, -0.1) is 0 Å². The highest BCUT2D eigenvalue weighted by atomic mass is 16.3. The van der Waals surface area contributed by atoms with Crippen LogP contribution in [-0.4, -0.2) is 5.11 Å². The molecule has 1 N–H and O–H groups in total. The Morgan fingerprint density at radius 3 is 2.56 bits per heavy atom. The monoisotopic (exact) mass is 208 g/mol. The molecule has 16 heavy (non-hydrogen) atoms. The van der Waals surface area contributed by atoms with Crippen molar-refractivity contribution in [2.45, 2.75) is 6.92 Å². The molecule has 0 radical (unpaired) electrons. The summed E-state index contributed by atoms with van der Waals surface area (Å²) in [6.07, 6.45) is 0. The van der Waals surface area contributed by atoms with E-state index in [4.69, 9.17) is 0 Å². The Labute approximate surface area is 94.0 Å². The van der Waals surface area contributed by atoms with E-state index in [2.05, 4.69) is 37.3 Å². The zero-order chi connectivity index (χ0) is 11.1. The molecule has 0 amide bonds. The van der Waals surface area contributed by atoms with Crippen LogP contribution in [0.3, 0.4) is 0 Å². The van der Waals surface area contributed by atoms with Gasteiger partial charge in [0.1, 0.15) is 5.75 Å². The molecular weight excluding hydrogens is 196 g/mol. The summed E-state index contributed by atoms with van der Waals surface area (Å²) in [6, 6.07) is 16.1. The van der Waals surface area contributed by atoms with Gasteiger partial charge in [0.15, 0.2) is 0 Å². The van der Waals surface area contributed by atoms with E-state index in [9.17, 15) is 5.11 Å². The number of fused-ring (bicyclic) bond motifs is 2. The first-order chi connectivity index (χ1) is 7.74. The number of phenols is 1. The summed E-state index contributed by atoms with van der Waals surface area (Å²) in [5.74, 6) is 0.319. The van der Waals surface area contributed by atoms with E-state index in [1.165, 1.54) is 21.7 Å². The Morgan fingerprint density at radius 2 is 1.69 bits per heavy atom. The third-order valence-electron chi connectivity index (χ3n) is 3.04. The van der Waals surface area contributed by atoms with Gasteiger partial charge in [0.05, 0.1) is 0 Å². The lowest BCUT2D eigenvalue weighted by Crippen LogP contribution is -1.79. The van der Waals surface area contributed by atoms with Crippen LogP contribution in [0, 0.1) is 6.92 Å². The molecule has 0 fully saturated rings. The van der Waals surface area contributed by atoms with Gasteiger partial charge in [-0.05, 0) is 58.3 Å². The summed E-state index contributed by atoms with van der Waals surface area (Å²) >= 11 is 0. The molecule has 0 aromatic heterocycles. The summed E-state index contributed by atoms with van der Waals surface area (Å²) in [5.41, 5.74) is 1.28. The topological polar surface area (TPSA) is 20.2 Å². The van der Waals surface area contributed by atoms with Crippen LogP contribution < -0.4 is 0 Å². The van der Waals surface area contributed by atoms with Crippen LogP contribution in [0.25, 0.3) is 21.5 Å². The van der Waals surface area contributed by atoms with E-state index >= 15 is 0 Å². The van der Waals surface area contributed by atoms with Gasteiger partial charge in [-0.3, -0.25) is 0 Å². The standard InChI is InChI=1S/C15H12O/c1-10-3-2-4-12-7-13-8-14(16)6-5-11(13)9-15(10)12/h2-9,16H,1H3. The van der Waals surface area contributed by atoms with E-state index in [1.54, 1.807) is 12.1 Å². The first kappa shape index (κ1) is 9.22. The molecule has 0 aliphatic carbocycles. The molecule has 0 unspecified atom stereocenters. The molecule has 0 saturated heterocycles. The quantitative estimate of drug-likeness (QED) is 0.553. The molecule has 0 atom stereocenters. The lowest BCUT2D eigenvalue weighted by molar-refractivity contribution is 0.476. The van der Waals surface area contributed by atoms with Gasteiger partial charge in [-0.25, -0.2) is 0 Å². The van der Waals surface area contributed by atoms with Crippen molar-refractivity contribution < 1.29 is 5.11 Å². The van der Waals surface area contributed by atoms with Crippen LogP contribution in [0.5, 0.6) is 5.75 Å². The highest BCUT2D eigenvalue weighted by molar-refractivity contribution is 5.99. The van der Waals surface area contributed by atoms with E-state index in [0.29, 0.717) is 5.75 Å². The second kappa shape index (κ2) is 3.24. The Morgan fingerprint density at radius 1 is 0.812 bits per heavy atom. The molecule has 0 heterocycles. The maximum absolute atomic E-state index is 9.46. The van der Waals surface area contributed by atoms with Gasteiger partial charge in [0.2, 0.25) is 0 Å². The van der Waals surface area contributed by atoms with Gasteiger partial charge in [-0.2, -0.15) is 0 Å². The normalized spacial score (nSPS) is 11.1. The summed E-state index contributed by atoms with van der Waals surface area (Å²) in [5, 5.41) is 14.2. The highest BCUT2D eigenvalue weighted by Crippen LogP contribution is 2.27. The Kier molecular flexibility index (Phi) is 1.87. The van der Waals surface area contributed by atoms with Crippen molar-refractivity contribution in [3.8, 4) is 5.75 Å². The van der Waals surface area contributed by atoms with Crippen LogP contribution in [0.4, 0.5) is 0 Å². The van der Waals surface area contributed by atoms with Gasteiger partial charge in [-0.1, -0.05) is 24.3 Å². The first-order valence-electron chi connectivity index (χ1n) is 5.36. The highest BCUT2D eigenvalue weighted by Gasteiger charge is 2.00. The Bertz CT molecular complexity index is 683. The first-order valence-corrected chi connectivity index (χ1v) is 5.36. The van der Waals surface area contributed by atoms with Crippen molar-refractivity contribution >= 4 is 21.5 Å². The van der Waals surface area contributed by atoms with E-state index < -0.39 is 0 Å². The number of aromatic hydroxyl groups is 1. The van der Waals surface area contributed by atoms with Crippen molar-refractivity contribution in [2.75, 3.05) is 0 Å². The second-order valence-electron chi connectivity index (χ2n) is 4.18. The summed E-state index contributed by atoms with van der Waals surface area (Å²) in [4.78, 5) is 0. The van der Waals surface area contributed by atoms with Gasteiger partial charge in [0.25, 0.3) is 0 Å². The molecule has 1 heteroatoms. The number of rotatable bonds is 0. The molecule has 0 bridgehead atoms. The maximum Gasteiger partial charge on any atom is 0.116 e. The van der Waals surface area contributed by atoms with Crippen molar-refractivity contribution in [1.82, 2.24) is 0 Å². The predicted octanol–water partition coefficient (Wildman–Crippen LogP) is 4.01. The number of benzene rings is 3. The fourth-order valence-corrected chi connectivity index (χ4v) is 2.17. The van der Waals surface area contributed by atoms with Crippen molar-refractivity contribution in [3.05, 3.63) is 54.1 Å². The van der Waals surface area contributed by atoms with Crippen LogP contribution >= 0.6 is 0 Å². The fourth-order valence-electron chi connectivity index (χ4n) is 2.17. The molecular formula is C15H12O. The third kappa shape index (κ3) is 1.33. The van der Waals surface area contributed by atoms with Crippen LogP contribution in [0.2, 0.25) is 0 Å². The van der Waals surface area contributed by atoms with Gasteiger partial charge >= 0.3 is 0 Å². The van der Waals surface area contributed by atoms with Crippen LogP contribution in [0.1, 0.15) is 5.56 Å². The molecule has 0 aliphatic rings. The largest absolute Gasteiger partial charge is 0.508 e. The summed E-state index contributed by atoms with van der Waals surface area (Å²) in [6.45, 7) is 2.12.